The van der Waals surface area contributed by atoms with Gasteiger partial charge in [0.2, 0.25) is 0 Å². The molecule has 1 aromatic rings. The van der Waals surface area contributed by atoms with Crippen LogP contribution in [-0.2, 0) is 6.42 Å². The highest BCUT2D eigenvalue weighted by Gasteiger charge is 2.02. The van der Waals surface area contributed by atoms with Crippen LogP contribution in [0.2, 0.25) is 0 Å². The number of aliphatic hydroxyl groups excluding tert-OH is 1. The summed E-state index contributed by atoms with van der Waals surface area (Å²) >= 11 is 0. The van der Waals surface area contributed by atoms with Crippen molar-refractivity contribution in [3.8, 4) is 0 Å². The van der Waals surface area contributed by atoms with Gasteiger partial charge < -0.3 is 10.2 Å². The largest absolute Gasteiger partial charge is 0.465 e. The highest BCUT2D eigenvalue weighted by Crippen LogP contribution is 2.16. The van der Waals surface area contributed by atoms with E-state index in [-0.39, 0.29) is 6.61 Å². The van der Waals surface area contributed by atoms with Gasteiger partial charge in [-0.05, 0) is 43.0 Å². The van der Waals surface area contributed by atoms with Crippen molar-refractivity contribution in [3.63, 3.8) is 0 Å². The Hall–Kier alpha value is -1.55. The maximum Gasteiger partial charge on any atom is 0.409 e. The van der Waals surface area contributed by atoms with E-state index >= 15 is 0 Å². The highest BCUT2D eigenvalue weighted by atomic mass is 16.4. The number of anilines is 1. The van der Waals surface area contributed by atoms with Gasteiger partial charge in [0.25, 0.3) is 0 Å². The fourth-order valence-electron chi connectivity index (χ4n) is 1.41. The smallest absolute Gasteiger partial charge is 0.409 e. The first kappa shape index (κ1) is 11.5. The van der Waals surface area contributed by atoms with E-state index < -0.39 is 6.09 Å². The molecule has 0 saturated carbocycles. The van der Waals surface area contributed by atoms with Gasteiger partial charge in [0.15, 0.2) is 0 Å². The normalized spacial score (nSPS) is 10.0. The molecule has 0 spiro atoms. The van der Waals surface area contributed by atoms with Gasteiger partial charge in [-0.2, -0.15) is 0 Å². The summed E-state index contributed by atoms with van der Waals surface area (Å²) in [6.45, 7) is 2.12. The molecule has 1 amide bonds. The van der Waals surface area contributed by atoms with E-state index in [1.807, 2.05) is 13.0 Å². The van der Waals surface area contributed by atoms with Gasteiger partial charge in [0.05, 0.1) is 0 Å². The van der Waals surface area contributed by atoms with Crippen LogP contribution in [0.1, 0.15) is 17.5 Å². The van der Waals surface area contributed by atoms with Crippen molar-refractivity contribution in [2.45, 2.75) is 19.8 Å². The van der Waals surface area contributed by atoms with Crippen LogP contribution in [0.3, 0.4) is 0 Å². The average molecular weight is 209 g/mol. The van der Waals surface area contributed by atoms with Crippen LogP contribution in [0.4, 0.5) is 10.5 Å². The van der Waals surface area contributed by atoms with Crippen LogP contribution < -0.4 is 5.32 Å². The summed E-state index contributed by atoms with van der Waals surface area (Å²) in [6, 6.07) is 5.41. The van der Waals surface area contributed by atoms with Crippen molar-refractivity contribution in [2.75, 3.05) is 11.9 Å². The average Bonchev–Trinajstić information content (AvgIpc) is 2.18. The summed E-state index contributed by atoms with van der Waals surface area (Å²) < 4.78 is 0. The van der Waals surface area contributed by atoms with E-state index in [9.17, 15) is 4.79 Å². The van der Waals surface area contributed by atoms with Crippen LogP contribution in [-0.4, -0.2) is 22.9 Å². The minimum absolute atomic E-state index is 0.149. The lowest BCUT2D eigenvalue weighted by atomic mass is 10.0. The molecule has 0 aliphatic heterocycles. The summed E-state index contributed by atoms with van der Waals surface area (Å²) in [5.41, 5.74) is 2.75. The number of amides is 1. The van der Waals surface area contributed by atoms with Crippen LogP contribution in [0, 0.1) is 6.92 Å². The molecule has 0 aromatic heterocycles. The summed E-state index contributed by atoms with van der Waals surface area (Å²) in [4.78, 5) is 10.4. The van der Waals surface area contributed by atoms with Crippen molar-refractivity contribution < 1.29 is 15.0 Å². The van der Waals surface area contributed by atoms with E-state index in [0.717, 1.165) is 17.5 Å². The van der Waals surface area contributed by atoms with E-state index in [4.69, 9.17) is 10.2 Å². The molecule has 0 radical (unpaired) electrons. The Morgan fingerprint density at radius 1 is 1.47 bits per heavy atom. The topological polar surface area (TPSA) is 69.6 Å². The lowest BCUT2D eigenvalue weighted by Gasteiger charge is -2.07. The summed E-state index contributed by atoms with van der Waals surface area (Å²) in [7, 11) is 0. The lowest BCUT2D eigenvalue weighted by molar-refractivity contribution is 0.209. The summed E-state index contributed by atoms with van der Waals surface area (Å²) in [6.07, 6.45) is 0.390. The van der Waals surface area contributed by atoms with Gasteiger partial charge >= 0.3 is 6.09 Å². The zero-order valence-corrected chi connectivity index (χ0v) is 8.66. The lowest BCUT2D eigenvalue weighted by Crippen LogP contribution is -2.07. The molecular weight excluding hydrogens is 194 g/mol. The van der Waals surface area contributed by atoms with E-state index in [2.05, 4.69) is 5.32 Å². The van der Waals surface area contributed by atoms with Crippen molar-refractivity contribution in [2.24, 2.45) is 0 Å². The van der Waals surface area contributed by atoms with Gasteiger partial charge in [0, 0.05) is 12.3 Å². The van der Waals surface area contributed by atoms with Gasteiger partial charge in [-0.3, -0.25) is 5.32 Å². The molecule has 4 nitrogen and oxygen atoms in total. The molecule has 1 rings (SSSR count). The molecule has 0 aliphatic rings. The SMILES string of the molecule is Cc1ccc(NC(=O)O)cc1CCCO. The number of rotatable bonds is 4. The molecule has 0 unspecified atom stereocenters. The first-order chi connectivity index (χ1) is 7.13. The van der Waals surface area contributed by atoms with Crippen LogP contribution in [0.25, 0.3) is 0 Å². The van der Waals surface area contributed by atoms with Crippen molar-refractivity contribution in [3.05, 3.63) is 29.3 Å². The van der Waals surface area contributed by atoms with E-state index in [1.165, 1.54) is 0 Å². The molecule has 0 heterocycles. The zero-order valence-electron chi connectivity index (χ0n) is 8.66. The molecule has 4 heteroatoms. The van der Waals surface area contributed by atoms with Gasteiger partial charge in [-0.25, -0.2) is 4.79 Å². The number of hydrogen-bond donors (Lipinski definition) is 3. The number of nitrogens with one attached hydrogen (secondary N) is 1. The third-order valence-electron chi connectivity index (χ3n) is 2.20. The molecule has 0 saturated heterocycles. The van der Waals surface area contributed by atoms with E-state index in [0.29, 0.717) is 12.1 Å². The number of benzene rings is 1. The third kappa shape index (κ3) is 3.59. The summed E-state index contributed by atoms with van der Waals surface area (Å²) in [5, 5.41) is 19.6. The van der Waals surface area contributed by atoms with E-state index in [1.54, 1.807) is 12.1 Å². The van der Waals surface area contributed by atoms with Crippen LogP contribution in [0.5, 0.6) is 0 Å². The number of carboxylic acid groups (broad SMARTS) is 1. The minimum atomic E-state index is -1.06. The molecule has 0 aliphatic carbocycles. The molecule has 0 atom stereocenters. The monoisotopic (exact) mass is 209 g/mol. The quantitative estimate of drug-likeness (QED) is 0.710. The molecule has 3 N–H and O–H groups in total. The standard InChI is InChI=1S/C11H15NO3/c1-8-4-5-10(12-11(14)15)7-9(8)3-2-6-13/h4-5,7,12-13H,2-3,6H2,1H3,(H,14,15). The Bertz CT molecular complexity index is 350. The third-order valence-corrected chi connectivity index (χ3v) is 2.20. The second-order valence-corrected chi connectivity index (χ2v) is 3.40. The van der Waals surface area contributed by atoms with Gasteiger partial charge in [0.1, 0.15) is 0 Å². The first-order valence-corrected chi connectivity index (χ1v) is 4.84. The first-order valence-electron chi connectivity index (χ1n) is 4.84. The molecule has 0 bridgehead atoms. The Morgan fingerprint density at radius 3 is 2.80 bits per heavy atom. The summed E-state index contributed by atoms with van der Waals surface area (Å²) in [5.74, 6) is 0. The highest BCUT2D eigenvalue weighted by molar-refractivity contribution is 5.82. The number of aryl methyl sites for hydroxylation is 2. The Labute approximate surface area is 88.6 Å². The van der Waals surface area contributed by atoms with Crippen molar-refractivity contribution in [1.29, 1.82) is 0 Å². The Balaban J connectivity index is 2.79. The van der Waals surface area contributed by atoms with Crippen molar-refractivity contribution in [1.82, 2.24) is 0 Å². The van der Waals surface area contributed by atoms with Gasteiger partial charge in [-0.15, -0.1) is 0 Å². The fourth-order valence-corrected chi connectivity index (χ4v) is 1.41. The predicted molar refractivity (Wildman–Crippen MR) is 58.2 cm³/mol. The fraction of sp³-hybridized carbons (Fsp3) is 0.364. The molecule has 82 valence electrons. The maximum absolute atomic E-state index is 10.4. The Kier molecular flexibility index (Phi) is 4.12. The maximum atomic E-state index is 10.4. The minimum Gasteiger partial charge on any atom is -0.465 e. The van der Waals surface area contributed by atoms with Crippen LogP contribution in [0.15, 0.2) is 18.2 Å². The molecule has 0 fully saturated rings. The zero-order chi connectivity index (χ0) is 11.3. The number of hydrogen-bond acceptors (Lipinski definition) is 2. The number of aliphatic hydroxyl groups is 1. The number of carbonyl (C=O) groups is 1. The molecule has 15 heavy (non-hydrogen) atoms. The molecular formula is C11H15NO3. The Morgan fingerprint density at radius 2 is 2.20 bits per heavy atom. The predicted octanol–water partition coefficient (Wildman–Crippen LogP) is 2.01. The van der Waals surface area contributed by atoms with Crippen LogP contribution >= 0.6 is 0 Å². The van der Waals surface area contributed by atoms with Gasteiger partial charge in [-0.1, -0.05) is 6.07 Å². The van der Waals surface area contributed by atoms with Crippen molar-refractivity contribution >= 4 is 11.8 Å². The second-order valence-electron chi connectivity index (χ2n) is 3.40. The molecule has 1 aromatic carbocycles. The second kappa shape index (κ2) is 5.36.